The molecule has 0 rings (SSSR count). The van der Waals surface area contributed by atoms with Crippen molar-refractivity contribution < 1.29 is 70.3 Å². The number of phosphoric ester groups is 1. The van der Waals surface area contributed by atoms with Crippen LogP contribution in [0.25, 0.3) is 0 Å². The van der Waals surface area contributed by atoms with Gasteiger partial charge in [-0.1, -0.05) is 64.7 Å². The summed E-state index contributed by atoms with van der Waals surface area (Å²) < 4.78 is 14.3. The zero-order valence-corrected chi connectivity index (χ0v) is 16.9. The number of hydrogen-bond donors (Lipinski definition) is 1. The van der Waals surface area contributed by atoms with E-state index in [2.05, 4.69) is 11.4 Å². The van der Waals surface area contributed by atoms with E-state index in [4.69, 9.17) is 0 Å². The second-order valence-electron chi connectivity index (χ2n) is 4.46. The van der Waals surface area contributed by atoms with Crippen molar-refractivity contribution in [1.29, 1.82) is 0 Å². The zero-order chi connectivity index (χ0) is 13.0. The van der Waals surface area contributed by atoms with Crippen molar-refractivity contribution in [3.63, 3.8) is 0 Å². The number of hydrogen-bond acceptors (Lipinski definition) is 4. The van der Waals surface area contributed by atoms with Gasteiger partial charge in [0.2, 0.25) is 0 Å². The standard InChI is InChI=1S/C12H27O4P.K.H3N/c1-2-3-4-5-6-7-8-9-10-11-12-16-17(13,14)15;;/h2-12H2,1H3,(H2,13,14,15);;1H3/q;+1;/p-1. The first kappa shape index (κ1) is 25.6. The molecule has 0 spiro atoms. The van der Waals surface area contributed by atoms with Crippen LogP contribution in [0.2, 0.25) is 0 Å². The van der Waals surface area contributed by atoms with Gasteiger partial charge in [0.05, 0.1) is 14.4 Å². The summed E-state index contributed by atoms with van der Waals surface area (Å²) in [5.41, 5.74) is 0. The Labute approximate surface area is 160 Å². The normalized spacial score (nSPS) is 10.7. The molecule has 0 radical (unpaired) electrons. The third kappa shape index (κ3) is 25.0. The predicted octanol–water partition coefficient (Wildman–Crippen LogP) is 0.133. The molecule has 0 saturated heterocycles. The SMILES string of the molecule is CCCCCCCCCCCCOP(=O)([O-])[O-].[K+].[NH4+]. The van der Waals surface area contributed by atoms with Crippen LogP contribution in [0.4, 0.5) is 0 Å². The average Bonchev–Trinajstić information content (AvgIpc) is 2.24. The molecule has 0 aliphatic heterocycles. The van der Waals surface area contributed by atoms with Gasteiger partial charge in [-0.15, -0.1) is 0 Å². The van der Waals surface area contributed by atoms with Crippen molar-refractivity contribution >= 4 is 7.82 Å². The fraction of sp³-hybridized carbons (Fsp3) is 1.00. The van der Waals surface area contributed by atoms with Gasteiger partial charge in [0.25, 0.3) is 0 Å². The first-order valence-corrected chi connectivity index (χ1v) is 8.19. The maximum absolute atomic E-state index is 10.1. The number of rotatable bonds is 12. The monoisotopic (exact) mass is 321 g/mol. The first-order valence-electron chi connectivity index (χ1n) is 6.73. The molecule has 112 valence electrons. The minimum atomic E-state index is -4.74. The van der Waals surface area contributed by atoms with E-state index in [0.29, 0.717) is 6.42 Å². The summed E-state index contributed by atoms with van der Waals surface area (Å²) in [5, 5.41) is 0. The molecule has 0 aliphatic rings. The minimum Gasteiger partial charge on any atom is -0.790 e. The molecule has 0 aromatic heterocycles. The van der Waals surface area contributed by atoms with Gasteiger partial charge in [0, 0.05) is 0 Å². The second-order valence-corrected chi connectivity index (χ2v) is 5.62. The van der Waals surface area contributed by atoms with E-state index in [1.54, 1.807) is 0 Å². The van der Waals surface area contributed by atoms with Crippen LogP contribution in [0.5, 0.6) is 0 Å². The Kier molecular flexibility index (Phi) is 24.0. The quantitative estimate of drug-likeness (QED) is 0.313. The van der Waals surface area contributed by atoms with Crippen molar-refractivity contribution in [3.05, 3.63) is 0 Å². The summed E-state index contributed by atoms with van der Waals surface area (Å²) in [6, 6.07) is 0. The van der Waals surface area contributed by atoms with Crippen molar-refractivity contribution in [3.8, 4) is 0 Å². The molecular weight excluding hydrogens is 292 g/mol. The number of unbranched alkanes of at least 4 members (excludes halogenated alkanes) is 9. The van der Waals surface area contributed by atoms with Gasteiger partial charge >= 0.3 is 51.4 Å². The summed E-state index contributed by atoms with van der Waals surface area (Å²) in [6.45, 7) is 2.26. The van der Waals surface area contributed by atoms with Gasteiger partial charge in [-0.3, -0.25) is 0 Å². The smallest absolute Gasteiger partial charge is 0.790 e. The molecule has 0 saturated carbocycles. The Morgan fingerprint density at radius 1 is 0.842 bits per heavy atom. The minimum absolute atomic E-state index is 0. The second kappa shape index (κ2) is 17.8. The molecule has 0 aromatic carbocycles. The summed E-state index contributed by atoms with van der Waals surface area (Å²) in [5.74, 6) is 0. The Balaban J connectivity index is -0.00000128. The molecule has 19 heavy (non-hydrogen) atoms. The predicted molar refractivity (Wildman–Crippen MR) is 71.4 cm³/mol. The van der Waals surface area contributed by atoms with Crippen molar-refractivity contribution in [1.82, 2.24) is 6.15 Å². The first-order chi connectivity index (χ1) is 8.06. The zero-order valence-electron chi connectivity index (χ0n) is 12.9. The molecule has 5 nitrogen and oxygen atoms in total. The van der Waals surface area contributed by atoms with Gasteiger partial charge in [-0.25, -0.2) is 0 Å². The molecular formula is C12H29KNO4P. The van der Waals surface area contributed by atoms with E-state index in [0.717, 1.165) is 12.8 Å². The molecule has 0 bridgehead atoms. The largest absolute Gasteiger partial charge is 1.00 e. The van der Waals surface area contributed by atoms with Crippen LogP contribution in [0, 0.1) is 0 Å². The van der Waals surface area contributed by atoms with Crippen molar-refractivity contribution in [2.75, 3.05) is 6.61 Å². The fourth-order valence-electron chi connectivity index (χ4n) is 1.77. The molecule has 0 atom stereocenters. The van der Waals surface area contributed by atoms with Crippen LogP contribution >= 0.6 is 7.82 Å². The van der Waals surface area contributed by atoms with Crippen LogP contribution in [-0.4, -0.2) is 6.61 Å². The Hall–Kier alpha value is 1.71. The Bertz CT molecular complexity index is 214. The fourth-order valence-corrected chi connectivity index (χ4v) is 2.12. The molecule has 0 aromatic rings. The third-order valence-corrected chi connectivity index (χ3v) is 3.25. The van der Waals surface area contributed by atoms with Crippen molar-refractivity contribution in [2.24, 2.45) is 0 Å². The summed E-state index contributed by atoms with van der Waals surface area (Å²) in [4.78, 5) is 20.3. The topological polar surface area (TPSA) is 109 Å². The van der Waals surface area contributed by atoms with E-state index in [1.165, 1.54) is 44.9 Å². The molecule has 7 heteroatoms. The van der Waals surface area contributed by atoms with E-state index >= 15 is 0 Å². The van der Waals surface area contributed by atoms with E-state index in [9.17, 15) is 14.4 Å². The van der Waals surface area contributed by atoms with Crippen molar-refractivity contribution in [2.45, 2.75) is 71.1 Å². The van der Waals surface area contributed by atoms with Crippen LogP contribution < -0.4 is 67.3 Å². The van der Waals surface area contributed by atoms with Crippen LogP contribution in [0.1, 0.15) is 71.1 Å². The maximum Gasteiger partial charge on any atom is 1.00 e. The van der Waals surface area contributed by atoms with Gasteiger partial charge < -0.3 is 25.0 Å². The maximum atomic E-state index is 10.1. The van der Waals surface area contributed by atoms with E-state index in [1.807, 2.05) is 0 Å². The summed E-state index contributed by atoms with van der Waals surface area (Å²) >= 11 is 0. The summed E-state index contributed by atoms with van der Waals surface area (Å²) in [6.07, 6.45) is 11.7. The van der Waals surface area contributed by atoms with Gasteiger partial charge in [-0.2, -0.15) is 0 Å². The third-order valence-electron chi connectivity index (χ3n) is 2.75. The van der Waals surface area contributed by atoms with Gasteiger partial charge in [0.15, 0.2) is 0 Å². The van der Waals surface area contributed by atoms with E-state index in [-0.39, 0.29) is 64.1 Å². The van der Waals surface area contributed by atoms with Crippen LogP contribution in [0.3, 0.4) is 0 Å². The molecule has 0 heterocycles. The van der Waals surface area contributed by atoms with Crippen LogP contribution in [-0.2, 0) is 9.09 Å². The molecule has 0 fully saturated rings. The number of quaternary nitrogens is 1. The average molecular weight is 321 g/mol. The molecule has 0 amide bonds. The van der Waals surface area contributed by atoms with Crippen LogP contribution in [0.15, 0.2) is 0 Å². The number of phosphoric acid groups is 1. The summed E-state index contributed by atoms with van der Waals surface area (Å²) in [7, 11) is -4.74. The molecule has 0 unspecified atom stereocenters. The molecule has 4 N–H and O–H groups in total. The van der Waals surface area contributed by atoms with Gasteiger partial charge in [0.1, 0.15) is 0 Å². The Morgan fingerprint density at radius 3 is 1.58 bits per heavy atom. The molecule has 0 aliphatic carbocycles. The van der Waals surface area contributed by atoms with Gasteiger partial charge in [-0.05, 0) is 6.42 Å². The Morgan fingerprint density at radius 2 is 1.21 bits per heavy atom. The van der Waals surface area contributed by atoms with E-state index < -0.39 is 7.82 Å².